The van der Waals surface area contributed by atoms with Crippen LogP contribution in [0, 0.1) is 5.82 Å². The number of carbonyl (C=O) groups is 2. The van der Waals surface area contributed by atoms with Gasteiger partial charge in [0.25, 0.3) is 0 Å². The molecule has 1 fully saturated rings. The van der Waals surface area contributed by atoms with Gasteiger partial charge in [0.15, 0.2) is 5.17 Å². The maximum Gasteiger partial charge on any atom is 0.338 e. The first kappa shape index (κ1) is 17.7. The molecule has 0 bridgehead atoms. The Morgan fingerprint density at radius 3 is 2.80 bits per heavy atom. The first-order valence-electron chi connectivity index (χ1n) is 8.10. The summed E-state index contributed by atoms with van der Waals surface area (Å²) in [5.74, 6) is -0.600. The molecule has 5 nitrogen and oxygen atoms in total. The Kier molecular flexibility index (Phi) is 4.94. The Bertz CT molecular complexity index is 788. The van der Waals surface area contributed by atoms with Crippen LogP contribution in [0.4, 0.5) is 4.39 Å². The van der Waals surface area contributed by atoms with E-state index >= 15 is 0 Å². The second-order valence-corrected chi connectivity index (χ2v) is 7.20. The molecule has 3 rings (SSSR count). The molecule has 2 heterocycles. The van der Waals surface area contributed by atoms with E-state index in [0.717, 1.165) is 0 Å². The highest BCUT2D eigenvalue weighted by atomic mass is 32.2. The number of nitrogens with zero attached hydrogens (tertiary/aromatic N) is 2. The predicted molar refractivity (Wildman–Crippen MR) is 94.4 cm³/mol. The Labute approximate surface area is 149 Å². The van der Waals surface area contributed by atoms with Crippen molar-refractivity contribution in [3.05, 3.63) is 46.9 Å². The van der Waals surface area contributed by atoms with Gasteiger partial charge in [0.1, 0.15) is 11.9 Å². The van der Waals surface area contributed by atoms with Crippen molar-refractivity contribution in [2.24, 2.45) is 4.99 Å². The third-order valence-electron chi connectivity index (χ3n) is 3.97. The molecular weight excluding hydrogens is 343 g/mol. The Balaban J connectivity index is 2.17. The number of esters is 1. The van der Waals surface area contributed by atoms with Gasteiger partial charge in [0.05, 0.1) is 17.4 Å². The quantitative estimate of drug-likeness (QED) is 0.773. The molecule has 0 spiro atoms. The normalized spacial score (nSPS) is 20.5. The number of ether oxygens (including phenoxy) is 1. The number of aliphatic imine (C=N–C) groups is 1. The number of amides is 1. The monoisotopic (exact) mass is 362 g/mol. The molecule has 0 unspecified atom stereocenters. The summed E-state index contributed by atoms with van der Waals surface area (Å²) in [6.45, 7) is 5.17. The van der Waals surface area contributed by atoms with Gasteiger partial charge in [0, 0.05) is 17.7 Å². The molecule has 132 valence electrons. The van der Waals surface area contributed by atoms with Crippen LogP contribution >= 0.6 is 11.8 Å². The van der Waals surface area contributed by atoms with Gasteiger partial charge >= 0.3 is 5.97 Å². The number of carbonyl (C=O) groups excluding carboxylic acids is 2. The number of halogens is 1. The molecule has 2 aliphatic rings. The molecule has 0 radical (unpaired) electrons. The summed E-state index contributed by atoms with van der Waals surface area (Å²) in [5, 5.41) is 0.503. The highest BCUT2D eigenvalue weighted by molar-refractivity contribution is 8.14. The number of hydrogen-bond donors (Lipinski definition) is 0. The van der Waals surface area contributed by atoms with Crippen LogP contribution in [0.3, 0.4) is 0 Å². The van der Waals surface area contributed by atoms with Gasteiger partial charge in [-0.1, -0.05) is 30.0 Å². The molecule has 0 aromatic heterocycles. The van der Waals surface area contributed by atoms with Crippen molar-refractivity contribution in [3.63, 3.8) is 0 Å². The average Bonchev–Trinajstić information content (AvgIpc) is 2.53. The lowest BCUT2D eigenvalue weighted by Gasteiger charge is -2.39. The van der Waals surface area contributed by atoms with Crippen molar-refractivity contribution >= 4 is 28.8 Å². The van der Waals surface area contributed by atoms with Crippen molar-refractivity contribution in [2.45, 2.75) is 39.3 Å². The minimum atomic E-state index is -0.861. The van der Waals surface area contributed by atoms with E-state index < -0.39 is 17.8 Å². The molecule has 2 aliphatic heterocycles. The predicted octanol–water partition coefficient (Wildman–Crippen LogP) is 3.43. The van der Waals surface area contributed by atoms with E-state index in [1.807, 2.05) is 0 Å². The molecule has 1 atom stereocenters. The number of fused-ring (bicyclic) bond motifs is 1. The van der Waals surface area contributed by atoms with Crippen LogP contribution in [0.5, 0.6) is 0 Å². The van der Waals surface area contributed by atoms with E-state index in [9.17, 15) is 14.0 Å². The summed E-state index contributed by atoms with van der Waals surface area (Å²) >= 11 is 1.43. The van der Waals surface area contributed by atoms with Gasteiger partial charge < -0.3 is 4.74 Å². The highest BCUT2D eigenvalue weighted by Crippen LogP contribution is 2.41. The van der Waals surface area contributed by atoms with Crippen LogP contribution in [-0.2, 0) is 14.3 Å². The molecule has 1 aromatic rings. The molecule has 1 amide bonds. The number of thioether (sulfide) groups is 1. The molecule has 7 heteroatoms. The Morgan fingerprint density at radius 1 is 1.40 bits per heavy atom. The minimum absolute atomic E-state index is 0.173. The van der Waals surface area contributed by atoms with Gasteiger partial charge in [-0.25, -0.2) is 14.2 Å². The van der Waals surface area contributed by atoms with Gasteiger partial charge in [-0.2, -0.15) is 0 Å². The molecule has 1 saturated heterocycles. The number of allylic oxidation sites excluding steroid dienone is 1. The van der Waals surface area contributed by atoms with Crippen molar-refractivity contribution in [2.75, 3.05) is 5.75 Å². The van der Waals surface area contributed by atoms with Crippen molar-refractivity contribution < 1.29 is 18.7 Å². The van der Waals surface area contributed by atoms with Gasteiger partial charge in [-0.3, -0.25) is 9.69 Å². The van der Waals surface area contributed by atoms with Crippen molar-refractivity contribution in [1.82, 2.24) is 4.90 Å². The molecule has 25 heavy (non-hydrogen) atoms. The van der Waals surface area contributed by atoms with E-state index in [1.165, 1.54) is 22.7 Å². The SMILES string of the molecule is CC1=C(C(=O)OC(C)C)[C@@H](c2ccccc2F)N2C(=O)CCSC2=N1. The highest BCUT2D eigenvalue weighted by Gasteiger charge is 2.42. The zero-order valence-electron chi connectivity index (χ0n) is 14.3. The molecule has 1 aromatic carbocycles. The molecule has 0 saturated carbocycles. The van der Waals surface area contributed by atoms with E-state index in [0.29, 0.717) is 23.0 Å². The van der Waals surface area contributed by atoms with Crippen LogP contribution in [0.15, 0.2) is 40.5 Å². The second-order valence-electron chi connectivity index (χ2n) is 6.13. The summed E-state index contributed by atoms with van der Waals surface area (Å²) in [4.78, 5) is 31.1. The fraction of sp³-hybridized carbons (Fsp3) is 0.389. The van der Waals surface area contributed by atoms with Crippen molar-refractivity contribution in [3.8, 4) is 0 Å². The fourth-order valence-corrected chi connectivity index (χ4v) is 3.93. The topological polar surface area (TPSA) is 59.0 Å². The average molecular weight is 362 g/mol. The zero-order chi connectivity index (χ0) is 18.1. The lowest BCUT2D eigenvalue weighted by molar-refractivity contribution is -0.143. The van der Waals surface area contributed by atoms with Gasteiger partial charge in [-0.15, -0.1) is 0 Å². The summed E-state index contributed by atoms with van der Waals surface area (Å²) in [7, 11) is 0. The molecular formula is C18H19FN2O3S. The van der Waals surface area contributed by atoms with Crippen LogP contribution in [0.1, 0.15) is 38.8 Å². The molecule has 0 aliphatic carbocycles. The first-order chi connectivity index (χ1) is 11.9. The minimum Gasteiger partial charge on any atom is -0.459 e. The largest absolute Gasteiger partial charge is 0.459 e. The third-order valence-corrected chi connectivity index (χ3v) is 4.92. The third kappa shape index (κ3) is 3.33. The number of benzene rings is 1. The fourth-order valence-electron chi connectivity index (χ4n) is 2.93. The maximum absolute atomic E-state index is 14.5. The van der Waals surface area contributed by atoms with E-state index in [1.54, 1.807) is 39.0 Å². The van der Waals surface area contributed by atoms with E-state index in [4.69, 9.17) is 4.74 Å². The smallest absolute Gasteiger partial charge is 0.338 e. The van der Waals surface area contributed by atoms with E-state index in [-0.39, 0.29) is 23.1 Å². The maximum atomic E-state index is 14.5. The first-order valence-corrected chi connectivity index (χ1v) is 9.08. The standard InChI is InChI=1S/C18H19FN2O3S/c1-10(2)24-17(23)15-11(3)20-18-21(14(22)8-9-25-18)16(15)12-6-4-5-7-13(12)19/h4-7,10,16H,8-9H2,1-3H3/t16-/m1/s1. The second kappa shape index (κ2) is 7.00. The van der Waals surface area contributed by atoms with Crippen LogP contribution in [0.25, 0.3) is 0 Å². The summed E-state index contributed by atoms with van der Waals surface area (Å²) < 4.78 is 19.9. The zero-order valence-corrected chi connectivity index (χ0v) is 15.1. The van der Waals surface area contributed by atoms with E-state index in [2.05, 4.69) is 4.99 Å². The van der Waals surface area contributed by atoms with Gasteiger partial charge in [-0.05, 0) is 26.8 Å². The summed E-state index contributed by atoms with van der Waals surface area (Å²) in [6.07, 6.45) is -0.00825. The number of hydrogen-bond acceptors (Lipinski definition) is 5. The van der Waals surface area contributed by atoms with Crippen LogP contribution in [-0.4, -0.2) is 33.8 Å². The van der Waals surface area contributed by atoms with Crippen molar-refractivity contribution in [1.29, 1.82) is 0 Å². The molecule has 0 N–H and O–H groups in total. The van der Waals surface area contributed by atoms with Crippen LogP contribution < -0.4 is 0 Å². The Morgan fingerprint density at radius 2 is 2.12 bits per heavy atom. The van der Waals surface area contributed by atoms with Crippen LogP contribution in [0.2, 0.25) is 0 Å². The Hall–Kier alpha value is -2.15. The lowest BCUT2D eigenvalue weighted by atomic mass is 9.93. The summed E-state index contributed by atoms with van der Waals surface area (Å²) in [6, 6.07) is 5.31. The number of amidine groups is 1. The van der Waals surface area contributed by atoms with Gasteiger partial charge in [0.2, 0.25) is 5.91 Å². The summed E-state index contributed by atoms with van der Waals surface area (Å²) in [5.41, 5.74) is 0.923. The number of rotatable bonds is 3. The lowest BCUT2D eigenvalue weighted by Crippen LogP contribution is -2.46.